The van der Waals surface area contributed by atoms with Gasteiger partial charge in [-0.1, -0.05) is 41.4 Å². The second-order valence-corrected chi connectivity index (χ2v) is 7.51. The molecule has 0 aliphatic carbocycles. The lowest BCUT2D eigenvalue weighted by molar-refractivity contribution is -0.130. The standard InChI is InChI=1S/C23H22ClN3O2/c1-4-29-18-9-8-17-11-19(23(24)25-20(17)12-18)22-13-21(26-27(22)15(3)28)16-7-5-6-14(2)10-16/h5-12,22H,4,13H2,1-3H3/t22-/m0/s1. The van der Waals surface area contributed by atoms with Crippen LogP contribution >= 0.6 is 11.6 Å². The lowest BCUT2D eigenvalue weighted by Gasteiger charge is -2.21. The maximum Gasteiger partial charge on any atom is 0.240 e. The average Bonchev–Trinajstić information content (AvgIpc) is 3.13. The maximum atomic E-state index is 12.3. The van der Waals surface area contributed by atoms with Crippen LogP contribution in [0.5, 0.6) is 5.75 Å². The molecule has 1 aromatic heterocycles. The summed E-state index contributed by atoms with van der Waals surface area (Å²) in [5, 5.41) is 7.45. The molecule has 29 heavy (non-hydrogen) atoms. The van der Waals surface area contributed by atoms with Gasteiger partial charge < -0.3 is 4.74 Å². The Labute approximate surface area is 175 Å². The highest BCUT2D eigenvalue weighted by Gasteiger charge is 2.33. The van der Waals surface area contributed by atoms with Crippen molar-refractivity contribution in [1.29, 1.82) is 0 Å². The van der Waals surface area contributed by atoms with Crippen molar-refractivity contribution in [3.05, 3.63) is 70.4 Å². The molecule has 1 atom stereocenters. The molecule has 0 saturated heterocycles. The third kappa shape index (κ3) is 3.83. The zero-order valence-corrected chi connectivity index (χ0v) is 17.4. The minimum atomic E-state index is -0.279. The summed E-state index contributed by atoms with van der Waals surface area (Å²) in [6.45, 7) is 6.09. The van der Waals surface area contributed by atoms with Gasteiger partial charge in [-0.15, -0.1) is 0 Å². The number of rotatable bonds is 4. The van der Waals surface area contributed by atoms with Gasteiger partial charge in [-0.25, -0.2) is 9.99 Å². The molecule has 1 amide bonds. The van der Waals surface area contributed by atoms with E-state index >= 15 is 0 Å². The number of aromatic nitrogens is 1. The van der Waals surface area contributed by atoms with Crippen LogP contribution in [0.1, 0.15) is 43.0 Å². The van der Waals surface area contributed by atoms with E-state index in [-0.39, 0.29) is 11.9 Å². The maximum absolute atomic E-state index is 12.3. The molecular formula is C23H22ClN3O2. The molecule has 3 aromatic rings. The monoisotopic (exact) mass is 407 g/mol. The zero-order valence-electron chi connectivity index (χ0n) is 16.6. The molecule has 0 bridgehead atoms. The fourth-order valence-electron chi connectivity index (χ4n) is 3.67. The smallest absolute Gasteiger partial charge is 0.240 e. The summed E-state index contributed by atoms with van der Waals surface area (Å²) in [4.78, 5) is 16.9. The highest BCUT2D eigenvalue weighted by Crippen LogP contribution is 2.37. The van der Waals surface area contributed by atoms with Gasteiger partial charge in [-0.3, -0.25) is 4.79 Å². The molecule has 0 radical (unpaired) electrons. The first-order valence-electron chi connectivity index (χ1n) is 9.63. The van der Waals surface area contributed by atoms with E-state index in [1.54, 1.807) is 0 Å². The van der Waals surface area contributed by atoms with Crippen molar-refractivity contribution in [2.45, 2.75) is 33.2 Å². The van der Waals surface area contributed by atoms with E-state index in [0.29, 0.717) is 18.2 Å². The van der Waals surface area contributed by atoms with E-state index in [0.717, 1.165) is 39.1 Å². The van der Waals surface area contributed by atoms with Crippen LogP contribution in [0.15, 0.2) is 53.6 Å². The van der Waals surface area contributed by atoms with E-state index in [1.807, 2.05) is 56.3 Å². The number of aryl methyl sites for hydroxylation is 1. The molecule has 0 spiro atoms. The summed E-state index contributed by atoms with van der Waals surface area (Å²) in [5.41, 5.74) is 4.60. The molecule has 148 valence electrons. The Morgan fingerprint density at radius 1 is 1.24 bits per heavy atom. The lowest BCUT2D eigenvalue weighted by atomic mass is 9.97. The first kappa shape index (κ1) is 19.4. The van der Waals surface area contributed by atoms with Crippen molar-refractivity contribution < 1.29 is 9.53 Å². The summed E-state index contributed by atoms with van der Waals surface area (Å²) in [7, 11) is 0. The number of carbonyl (C=O) groups excluding carboxylic acids is 1. The quantitative estimate of drug-likeness (QED) is 0.552. The van der Waals surface area contributed by atoms with Gasteiger partial charge >= 0.3 is 0 Å². The van der Waals surface area contributed by atoms with Crippen LogP contribution in [-0.4, -0.2) is 28.2 Å². The third-order valence-electron chi connectivity index (χ3n) is 5.02. The Hall–Kier alpha value is -2.92. The number of hydrogen-bond donors (Lipinski definition) is 0. The van der Waals surface area contributed by atoms with Crippen LogP contribution in [0.25, 0.3) is 10.9 Å². The van der Waals surface area contributed by atoms with Crippen LogP contribution in [0, 0.1) is 6.92 Å². The summed E-state index contributed by atoms with van der Waals surface area (Å²) < 4.78 is 5.55. The Kier molecular flexibility index (Phi) is 5.24. The first-order valence-corrected chi connectivity index (χ1v) is 10.0. The van der Waals surface area contributed by atoms with Crippen molar-refractivity contribution in [3.8, 4) is 5.75 Å². The van der Waals surface area contributed by atoms with Gasteiger partial charge in [0.2, 0.25) is 5.91 Å². The minimum Gasteiger partial charge on any atom is -0.494 e. The van der Waals surface area contributed by atoms with Crippen LogP contribution < -0.4 is 4.74 Å². The van der Waals surface area contributed by atoms with E-state index in [1.165, 1.54) is 11.9 Å². The topological polar surface area (TPSA) is 54.8 Å². The Morgan fingerprint density at radius 3 is 2.79 bits per heavy atom. The molecule has 0 fully saturated rings. The molecule has 2 aromatic carbocycles. The number of amides is 1. The normalized spacial score (nSPS) is 16.2. The summed E-state index contributed by atoms with van der Waals surface area (Å²) in [6, 6.07) is 15.6. The highest BCUT2D eigenvalue weighted by molar-refractivity contribution is 6.30. The molecule has 0 unspecified atom stereocenters. The third-order valence-corrected chi connectivity index (χ3v) is 5.33. The van der Waals surface area contributed by atoms with E-state index in [9.17, 15) is 4.79 Å². The van der Waals surface area contributed by atoms with Crippen molar-refractivity contribution in [2.75, 3.05) is 6.61 Å². The van der Waals surface area contributed by atoms with Crippen LogP contribution in [0.2, 0.25) is 5.15 Å². The summed E-state index contributed by atoms with van der Waals surface area (Å²) in [5.74, 6) is 0.633. The Bertz CT molecular complexity index is 1130. The second kappa shape index (κ2) is 7.84. The summed E-state index contributed by atoms with van der Waals surface area (Å²) in [6.07, 6.45) is 0.590. The largest absolute Gasteiger partial charge is 0.494 e. The number of ether oxygens (including phenoxy) is 1. The summed E-state index contributed by atoms with van der Waals surface area (Å²) >= 11 is 6.56. The predicted molar refractivity (Wildman–Crippen MR) is 116 cm³/mol. The van der Waals surface area contributed by atoms with Gasteiger partial charge in [0.15, 0.2) is 0 Å². The SMILES string of the molecule is CCOc1ccc2cc([C@@H]3CC(c4cccc(C)c4)=NN3C(C)=O)c(Cl)nc2c1. The molecule has 6 heteroatoms. The molecule has 4 rings (SSSR count). The van der Waals surface area contributed by atoms with E-state index in [4.69, 9.17) is 16.3 Å². The lowest BCUT2D eigenvalue weighted by Crippen LogP contribution is -2.24. The van der Waals surface area contributed by atoms with Crippen molar-refractivity contribution in [3.63, 3.8) is 0 Å². The van der Waals surface area contributed by atoms with Gasteiger partial charge in [-0.2, -0.15) is 5.10 Å². The number of pyridine rings is 1. The molecule has 5 nitrogen and oxygen atoms in total. The number of nitrogens with zero attached hydrogens (tertiary/aromatic N) is 3. The number of benzene rings is 2. The van der Waals surface area contributed by atoms with Crippen molar-refractivity contribution in [2.24, 2.45) is 5.10 Å². The second-order valence-electron chi connectivity index (χ2n) is 7.16. The molecule has 1 aliphatic heterocycles. The number of hydrazone groups is 1. The minimum absolute atomic E-state index is 0.125. The molecule has 0 N–H and O–H groups in total. The van der Waals surface area contributed by atoms with E-state index < -0.39 is 0 Å². The average molecular weight is 408 g/mol. The Balaban J connectivity index is 1.73. The highest BCUT2D eigenvalue weighted by atomic mass is 35.5. The number of hydrogen-bond acceptors (Lipinski definition) is 4. The van der Waals surface area contributed by atoms with Gasteiger partial charge in [0.05, 0.1) is 23.9 Å². The fraction of sp³-hybridized carbons (Fsp3) is 0.261. The van der Waals surface area contributed by atoms with Gasteiger partial charge in [0.25, 0.3) is 0 Å². The number of fused-ring (bicyclic) bond motifs is 1. The molecule has 2 heterocycles. The van der Waals surface area contributed by atoms with Crippen LogP contribution in [0.3, 0.4) is 0 Å². The predicted octanol–water partition coefficient (Wildman–Crippen LogP) is 5.29. The fourth-order valence-corrected chi connectivity index (χ4v) is 3.94. The van der Waals surface area contributed by atoms with E-state index in [2.05, 4.69) is 16.2 Å². The van der Waals surface area contributed by atoms with Gasteiger partial charge in [-0.05, 0) is 37.6 Å². The molecular weight excluding hydrogens is 386 g/mol. The van der Waals surface area contributed by atoms with Crippen molar-refractivity contribution >= 4 is 34.1 Å². The van der Waals surface area contributed by atoms with Crippen LogP contribution in [0.4, 0.5) is 0 Å². The number of carbonyl (C=O) groups is 1. The Morgan fingerprint density at radius 2 is 2.07 bits per heavy atom. The first-order chi connectivity index (χ1) is 14.0. The van der Waals surface area contributed by atoms with Gasteiger partial charge in [0, 0.05) is 30.4 Å². The molecule has 0 saturated carbocycles. The zero-order chi connectivity index (χ0) is 20.5. The van der Waals surface area contributed by atoms with Crippen LogP contribution in [-0.2, 0) is 4.79 Å². The van der Waals surface area contributed by atoms with Gasteiger partial charge in [0.1, 0.15) is 10.9 Å². The molecule has 1 aliphatic rings. The van der Waals surface area contributed by atoms with Crippen molar-refractivity contribution in [1.82, 2.24) is 9.99 Å². The number of halogens is 1.